The maximum Gasteiger partial charge on any atom is 0.500 e. The van der Waals surface area contributed by atoms with Gasteiger partial charge in [-0.3, -0.25) is 4.79 Å². The Morgan fingerprint density at radius 1 is 0.500 bits per heavy atom. The topological polar surface area (TPSA) is 56.8 Å². The predicted octanol–water partition coefficient (Wildman–Crippen LogP) is 9.75. The van der Waals surface area contributed by atoms with Crippen LogP contribution in [0.1, 0.15) is 169 Å². The number of unbranched alkanes of at least 4 members (excludes halogenated alkanes) is 19. The second-order valence-corrected chi connectivity index (χ2v) is 13.6. The summed E-state index contributed by atoms with van der Waals surface area (Å²) in [4.78, 5) is 12.2. The van der Waals surface area contributed by atoms with E-state index in [2.05, 4.69) is 12.2 Å². The zero-order valence-corrected chi connectivity index (χ0v) is 27.2. The van der Waals surface area contributed by atoms with Crippen molar-refractivity contribution in [1.29, 1.82) is 0 Å². The van der Waals surface area contributed by atoms with E-state index in [1.54, 1.807) is 0 Å². The lowest BCUT2D eigenvalue weighted by Gasteiger charge is -2.28. The molecule has 0 spiro atoms. The van der Waals surface area contributed by atoms with Crippen LogP contribution in [0.5, 0.6) is 0 Å². The summed E-state index contributed by atoms with van der Waals surface area (Å²) in [5.41, 5.74) is 0. The molecule has 0 aromatic rings. The number of rotatable bonds is 31. The molecule has 0 saturated heterocycles. The highest BCUT2D eigenvalue weighted by molar-refractivity contribution is 6.60. The number of hydrogen-bond acceptors (Lipinski definition) is 4. The lowest BCUT2D eigenvalue weighted by atomic mass is 10.0. The van der Waals surface area contributed by atoms with Gasteiger partial charge in [0.25, 0.3) is 0 Å². The molecule has 1 N–H and O–H groups in total. The van der Waals surface area contributed by atoms with E-state index >= 15 is 0 Å². The van der Waals surface area contributed by atoms with E-state index in [1.165, 1.54) is 122 Å². The van der Waals surface area contributed by atoms with Gasteiger partial charge in [0, 0.05) is 38.8 Å². The van der Waals surface area contributed by atoms with Crippen LogP contribution >= 0.6 is 0 Å². The summed E-state index contributed by atoms with van der Waals surface area (Å²) >= 11 is 0. The molecular formula is C32H67NO4Si. The van der Waals surface area contributed by atoms with Crippen molar-refractivity contribution in [3.05, 3.63) is 0 Å². The van der Waals surface area contributed by atoms with E-state index in [-0.39, 0.29) is 5.91 Å². The molecule has 0 aromatic carbocycles. The zero-order valence-electron chi connectivity index (χ0n) is 26.2. The summed E-state index contributed by atoms with van der Waals surface area (Å²) in [6.07, 6.45) is 29.1. The molecule has 6 heteroatoms. The van der Waals surface area contributed by atoms with Crippen LogP contribution in [0.3, 0.4) is 0 Å². The Morgan fingerprint density at radius 2 is 0.842 bits per heavy atom. The van der Waals surface area contributed by atoms with Crippen LogP contribution in [0.25, 0.3) is 0 Å². The standard InChI is InChI=1S/C32H67NO4Si/c1-5-9-10-11-12-13-14-15-16-17-18-19-20-21-22-23-24-25-26-27-30-33-32(34)29-28-31-38(35-6-2,36-7-3)37-8-4/h5-31H2,1-4H3,(H,33,34). The minimum absolute atomic E-state index is 0.134. The maximum absolute atomic E-state index is 12.2. The highest BCUT2D eigenvalue weighted by atomic mass is 28.4. The third kappa shape index (κ3) is 24.6. The molecular weight excluding hydrogens is 490 g/mol. The van der Waals surface area contributed by atoms with Crippen molar-refractivity contribution in [2.75, 3.05) is 26.4 Å². The van der Waals surface area contributed by atoms with E-state index in [9.17, 15) is 4.79 Å². The van der Waals surface area contributed by atoms with Gasteiger partial charge in [-0.05, 0) is 33.6 Å². The van der Waals surface area contributed by atoms with Crippen molar-refractivity contribution >= 4 is 14.7 Å². The Bertz CT molecular complexity index is 475. The maximum atomic E-state index is 12.2. The number of amides is 1. The van der Waals surface area contributed by atoms with Crippen LogP contribution in [0.4, 0.5) is 0 Å². The average molecular weight is 558 g/mol. The Labute approximate surface area is 239 Å². The largest absolute Gasteiger partial charge is 0.500 e. The monoisotopic (exact) mass is 557 g/mol. The molecule has 5 nitrogen and oxygen atoms in total. The van der Waals surface area contributed by atoms with E-state index < -0.39 is 8.80 Å². The number of carbonyl (C=O) groups excluding carboxylic acids is 1. The molecule has 1 amide bonds. The van der Waals surface area contributed by atoms with Gasteiger partial charge in [0.05, 0.1) is 0 Å². The van der Waals surface area contributed by atoms with Gasteiger partial charge in [-0.1, -0.05) is 129 Å². The van der Waals surface area contributed by atoms with Crippen molar-refractivity contribution in [2.45, 2.75) is 175 Å². The number of hydrogen-bond donors (Lipinski definition) is 1. The van der Waals surface area contributed by atoms with Crippen molar-refractivity contribution in [3.63, 3.8) is 0 Å². The van der Waals surface area contributed by atoms with Crippen LogP contribution in [-0.4, -0.2) is 41.1 Å². The first-order valence-electron chi connectivity index (χ1n) is 16.8. The minimum Gasteiger partial charge on any atom is -0.374 e. The average Bonchev–Trinajstić information content (AvgIpc) is 2.90. The van der Waals surface area contributed by atoms with Gasteiger partial charge in [0.15, 0.2) is 0 Å². The van der Waals surface area contributed by atoms with Crippen molar-refractivity contribution in [2.24, 2.45) is 0 Å². The molecule has 38 heavy (non-hydrogen) atoms. The fraction of sp³-hybridized carbons (Fsp3) is 0.969. The van der Waals surface area contributed by atoms with Gasteiger partial charge in [0.1, 0.15) is 0 Å². The first-order chi connectivity index (χ1) is 18.6. The first kappa shape index (κ1) is 37.6. The third-order valence-electron chi connectivity index (χ3n) is 7.33. The van der Waals surface area contributed by atoms with Gasteiger partial charge in [0.2, 0.25) is 5.91 Å². The molecule has 0 atom stereocenters. The summed E-state index contributed by atoms with van der Waals surface area (Å²) in [6.45, 7) is 10.7. The van der Waals surface area contributed by atoms with Crippen molar-refractivity contribution in [3.8, 4) is 0 Å². The Balaban J connectivity index is 3.42. The highest BCUT2D eigenvalue weighted by Crippen LogP contribution is 2.19. The Kier molecular flexibility index (Phi) is 29.2. The molecule has 0 fully saturated rings. The van der Waals surface area contributed by atoms with Gasteiger partial charge in [-0.25, -0.2) is 0 Å². The van der Waals surface area contributed by atoms with Gasteiger partial charge >= 0.3 is 8.80 Å². The van der Waals surface area contributed by atoms with E-state index in [0.29, 0.717) is 32.3 Å². The molecule has 228 valence electrons. The Morgan fingerprint density at radius 3 is 1.18 bits per heavy atom. The van der Waals surface area contributed by atoms with Gasteiger partial charge in [-0.15, -0.1) is 0 Å². The quantitative estimate of drug-likeness (QED) is 0.0680. The highest BCUT2D eigenvalue weighted by Gasteiger charge is 2.39. The fourth-order valence-corrected chi connectivity index (χ4v) is 7.78. The van der Waals surface area contributed by atoms with E-state index in [4.69, 9.17) is 13.3 Å². The Hall–Kier alpha value is -0.433. The van der Waals surface area contributed by atoms with Crippen LogP contribution in [0, 0.1) is 0 Å². The SMILES string of the molecule is CCCCCCCCCCCCCCCCCCCCCCNC(=O)CCC[Si](OCC)(OCC)OCC. The molecule has 0 bridgehead atoms. The van der Waals surface area contributed by atoms with E-state index in [0.717, 1.165) is 19.4 Å². The fourth-order valence-electron chi connectivity index (χ4n) is 5.16. The number of nitrogens with one attached hydrogen (secondary N) is 1. The molecule has 0 radical (unpaired) electrons. The summed E-state index contributed by atoms with van der Waals surface area (Å²) in [5.74, 6) is 0.134. The van der Waals surface area contributed by atoms with Gasteiger partial charge in [-0.2, -0.15) is 0 Å². The minimum atomic E-state index is -2.62. The predicted molar refractivity (Wildman–Crippen MR) is 166 cm³/mol. The number of carbonyl (C=O) groups is 1. The summed E-state index contributed by atoms with van der Waals surface area (Å²) < 4.78 is 17.6. The molecule has 0 aliphatic heterocycles. The second kappa shape index (κ2) is 29.5. The smallest absolute Gasteiger partial charge is 0.374 e. The van der Waals surface area contributed by atoms with E-state index in [1.807, 2.05) is 20.8 Å². The van der Waals surface area contributed by atoms with Crippen molar-refractivity contribution in [1.82, 2.24) is 5.32 Å². The van der Waals surface area contributed by atoms with Crippen molar-refractivity contribution < 1.29 is 18.1 Å². The van der Waals surface area contributed by atoms with Crippen LogP contribution in [0.2, 0.25) is 6.04 Å². The molecule has 0 heterocycles. The first-order valence-corrected chi connectivity index (χ1v) is 18.8. The lowest BCUT2D eigenvalue weighted by Crippen LogP contribution is -2.46. The molecule has 0 aliphatic carbocycles. The summed E-state index contributed by atoms with van der Waals surface area (Å²) in [7, 11) is -2.62. The zero-order chi connectivity index (χ0) is 28.0. The molecule has 0 rings (SSSR count). The van der Waals surface area contributed by atoms with Crippen LogP contribution in [0.15, 0.2) is 0 Å². The molecule has 0 aliphatic rings. The molecule has 0 aromatic heterocycles. The van der Waals surface area contributed by atoms with Crippen LogP contribution in [-0.2, 0) is 18.1 Å². The summed E-state index contributed by atoms with van der Waals surface area (Å²) in [6, 6.07) is 0.704. The second-order valence-electron chi connectivity index (χ2n) is 10.9. The summed E-state index contributed by atoms with van der Waals surface area (Å²) in [5, 5.41) is 3.08. The van der Waals surface area contributed by atoms with Gasteiger partial charge < -0.3 is 18.6 Å². The lowest BCUT2D eigenvalue weighted by molar-refractivity contribution is -0.121. The molecule has 0 saturated carbocycles. The van der Waals surface area contributed by atoms with Crippen LogP contribution < -0.4 is 5.32 Å². The molecule has 0 unspecified atom stereocenters. The normalized spacial score (nSPS) is 11.8. The third-order valence-corrected chi connectivity index (χ3v) is 10.5.